The fourth-order valence-corrected chi connectivity index (χ4v) is 4.37. The van der Waals surface area contributed by atoms with Gasteiger partial charge >= 0.3 is 0 Å². The standard InChI is InChI=1S/C26H32N2O10/c29-25(27(3-15-7-31-15)4-16-8-32-16)21-1-2-22(26(30)28(5-17-9-33-17)6-18-10-34-18)24(38-14-20-12-36-20)23(21)37-13-19-11-35-19/h1-2,15-20H,3-14H2. The first-order valence-electron chi connectivity index (χ1n) is 13.3. The summed E-state index contributed by atoms with van der Waals surface area (Å²) in [4.78, 5) is 31.2. The largest absolute Gasteiger partial charge is 0.486 e. The number of amides is 2. The Morgan fingerprint density at radius 1 is 0.579 bits per heavy atom. The van der Waals surface area contributed by atoms with Crippen LogP contribution in [0.4, 0.5) is 0 Å². The highest BCUT2D eigenvalue weighted by Crippen LogP contribution is 2.39. The molecule has 1 aromatic carbocycles. The maximum Gasteiger partial charge on any atom is 0.257 e. The second-order valence-electron chi connectivity index (χ2n) is 10.6. The van der Waals surface area contributed by atoms with Crippen molar-refractivity contribution in [3.05, 3.63) is 23.3 Å². The first-order chi connectivity index (χ1) is 18.6. The molecule has 12 heteroatoms. The van der Waals surface area contributed by atoms with Crippen LogP contribution in [0.25, 0.3) is 0 Å². The molecule has 0 radical (unpaired) electrons. The smallest absolute Gasteiger partial charge is 0.257 e. The predicted octanol–water partition coefficient (Wildman–Crippen LogP) is -0.279. The second-order valence-corrected chi connectivity index (χ2v) is 10.6. The Labute approximate surface area is 219 Å². The Bertz CT molecular complexity index is 949. The van der Waals surface area contributed by atoms with Crippen molar-refractivity contribution in [1.29, 1.82) is 0 Å². The third-order valence-electron chi connectivity index (χ3n) is 7.08. The maximum absolute atomic E-state index is 13.9. The van der Waals surface area contributed by atoms with Crippen LogP contribution in [0.3, 0.4) is 0 Å². The van der Waals surface area contributed by atoms with Gasteiger partial charge in [-0.25, -0.2) is 0 Å². The van der Waals surface area contributed by atoms with Gasteiger partial charge in [0.1, 0.15) is 25.4 Å². The number of benzene rings is 1. The van der Waals surface area contributed by atoms with Gasteiger partial charge in [0.25, 0.3) is 11.8 Å². The highest BCUT2D eigenvalue weighted by molar-refractivity contribution is 6.03. The predicted molar refractivity (Wildman–Crippen MR) is 128 cm³/mol. The van der Waals surface area contributed by atoms with Crippen molar-refractivity contribution in [1.82, 2.24) is 9.80 Å². The summed E-state index contributed by atoms with van der Waals surface area (Å²) in [5.41, 5.74) is 0.663. The SMILES string of the molecule is O=C(c1ccc(C(=O)N(CC2CO2)CC2CO2)c(OCC2CO2)c1OCC1CO1)N(CC1CO1)CC1CO1. The number of hydrogen-bond donors (Lipinski definition) is 0. The molecule has 0 spiro atoms. The number of rotatable bonds is 16. The molecule has 206 valence electrons. The highest BCUT2D eigenvalue weighted by atomic mass is 16.6. The summed E-state index contributed by atoms with van der Waals surface area (Å²) in [6.07, 6.45) is -0.0185. The molecule has 6 fully saturated rings. The van der Waals surface area contributed by atoms with E-state index in [1.54, 1.807) is 21.9 Å². The minimum atomic E-state index is -0.219. The molecule has 6 unspecified atom stereocenters. The molecule has 1 aromatic rings. The van der Waals surface area contributed by atoms with Crippen molar-refractivity contribution in [2.75, 3.05) is 79.0 Å². The third-order valence-corrected chi connectivity index (χ3v) is 7.08. The lowest BCUT2D eigenvalue weighted by Gasteiger charge is -2.26. The van der Waals surface area contributed by atoms with Crippen LogP contribution >= 0.6 is 0 Å². The van der Waals surface area contributed by atoms with Gasteiger partial charge in [-0.3, -0.25) is 9.59 Å². The van der Waals surface area contributed by atoms with Crippen molar-refractivity contribution >= 4 is 11.8 Å². The van der Waals surface area contributed by atoms with Gasteiger partial charge in [-0.05, 0) is 12.1 Å². The molecule has 38 heavy (non-hydrogen) atoms. The van der Waals surface area contributed by atoms with E-state index in [1.165, 1.54) is 0 Å². The molecule has 6 atom stereocenters. The fraction of sp³-hybridized carbons (Fsp3) is 0.692. The molecule has 7 rings (SSSR count). The van der Waals surface area contributed by atoms with Crippen molar-refractivity contribution in [2.45, 2.75) is 36.6 Å². The Morgan fingerprint density at radius 2 is 0.868 bits per heavy atom. The molecule has 0 aromatic heterocycles. The lowest BCUT2D eigenvalue weighted by molar-refractivity contribution is 0.0708. The highest BCUT2D eigenvalue weighted by Gasteiger charge is 2.39. The minimum Gasteiger partial charge on any atom is -0.486 e. The van der Waals surface area contributed by atoms with E-state index in [2.05, 4.69) is 0 Å². The maximum atomic E-state index is 13.9. The molecule has 0 bridgehead atoms. The van der Waals surface area contributed by atoms with Crippen LogP contribution < -0.4 is 9.47 Å². The number of epoxide rings is 6. The van der Waals surface area contributed by atoms with Crippen LogP contribution in [0.15, 0.2) is 12.1 Å². The van der Waals surface area contributed by atoms with Gasteiger partial charge in [-0.2, -0.15) is 0 Å². The number of nitrogens with zero attached hydrogens (tertiary/aromatic N) is 2. The molecule has 2 amide bonds. The van der Waals surface area contributed by atoms with Crippen LogP contribution in [-0.4, -0.2) is 137 Å². The molecular weight excluding hydrogens is 500 g/mol. The van der Waals surface area contributed by atoms with Gasteiger partial charge in [0, 0.05) is 26.2 Å². The zero-order chi connectivity index (χ0) is 25.6. The molecule has 12 nitrogen and oxygen atoms in total. The summed E-state index contributed by atoms with van der Waals surface area (Å²) in [5.74, 6) is 0.0640. The summed E-state index contributed by atoms with van der Waals surface area (Å²) in [7, 11) is 0. The van der Waals surface area contributed by atoms with Gasteiger partial charge < -0.3 is 47.7 Å². The van der Waals surface area contributed by atoms with Crippen LogP contribution in [0.5, 0.6) is 11.5 Å². The Balaban J connectivity index is 1.22. The monoisotopic (exact) mass is 532 g/mol. The molecular formula is C26H32N2O10. The van der Waals surface area contributed by atoms with Crippen molar-refractivity contribution in [2.24, 2.45) is 0 Å². The summed E-state index contributed by atoms with van der Waals surface area (Å²) in [5, 5.41) is 0. The molecule has 6 aliphatic heterocycles. The van der Waals surface area contributed by atoms with Gasteiger partial charge in [-0.1, -0.05) is 0 Å². The number of ether oxygens (including phenoxy) is 8. The number of carbonyl (C=O) groups excluding carboxylic acids is 2. The fourth-order valence-electron chi connectivity index (χ4n) is 4.37. The van der Waals surface area contributed by atoms with Gasteiger partial charge in [0.2, 0.25) is 0 Å². The van der Waals surface area contributed by atoms with E-state index < -0.39 is 0 Å². The molecule has 0 N–H and O–H groups in total. The first-order valence-corrected chi connectivity index (χ1v) is 13.3. The second kappa shape index (κ2) is 10.2. The summed E-state index contributed by atoms with van der Waals surface area (Å²) >= 11 is 0. The van der Waals surface area contributed by atoms with Crippen molar-refractivity contribution in [3.8, 4) is 11.5 Å². The Kier molecular flexibility index (Phi) is 6.62. The van der Waals surface area contributed by atoms with E-state index in [9.17, 15) is 9.59 Å². The van der Waals surface area contributed by atoms with E-state index in [1.807, 2.05) is 0 Å². The van der Waals surface area contributed by atoms with Gasteiger partial charge in [0.05, 0.1) is 75.2 Å². The van der Waals surface area contributed by atoms with Gasteiger partial charge in [-0.15, -0.1) is 0 Å². The van der Waals surface area contributed by atoms with Crippen molar-refractivity contribution in [3.63, 3.8) is 0 Å². The van der Waals surface area contributed by atoms with E-state index >= 15 is 0 Å². The summed E-state index contributed by atoms with van der Waals surface area (Å²) in [6.45, 7) is 6.07. The lowest BCUT2D eigenvalue weighted by Crippen LogP contribution is -2.38. The van der Waals surface area contributed by atoms with E-state index in [0.29, 0.717) is 76.9 Å². The number of carbonyl (C=O) groups is 2. The van der Waals surface area contributed by atoms with E-state index in [4.69, 9.17) is 37.9 Å². The zero-order valence-corrected chi connectivity index (χ0v) is 21.1. The molecule has 0 aliphatic carbocycles. The zero-order valence-electron chi connectivity index (χ0n) is 21.1. The van der Waals surface area contributed by atoms with Crippen LogP contribution in [0.2, 0.25) is 0 Å². The normalized spacial score (nSPS) is 31.3. The minimum absolute atomic E-state index is 0.0216. The Hall–Kier alpha value is -2.48. The molecule has 0 saturated carbocycles. The summed E-state index contributed by atoms with van der Waals surface area (Å²) in [6, 6.07) is 3.32. The van der Waals surface area contributed by atoms with Crippen LogP contribution in [0, 0.1) is 0 Å². The van der Waals surface area contributed by atoms with Gasteiger partial charge in [0.15, 0.2) is 11.5 Å². The average Bonchev–Trinajstić information content (AvgIpc) is 3.70. The van der Waals surface area contributed by atoms with Crippen LogP contribution in [0.1, 0.15) is 20.7 Å². The average molecular weight is 533 g/mol. The molecule has 6 saturated heterocycles. The van der Waals surface area contributed by atoms with E-state index in [0.717, 1.165) is 0 Å². The topological polar surface area (TPSA) is 134 Å². The van der Waals surface area contributed by atoms with Crippen molar-refractivity contribution < 1.29 is 47.5 Å². The first kappa shape index (κ1) is 24.6. The molecule has 6 heterocycles. The quantitative estimate of drug-likeness (QED) is 0.262. The lowest BCUT2D eigenvalue weighted by atomic mass is 10.0. The third kappa shape index (κ3) is 6.38. The number of hydrogen-bond acceptors (Lipinski definition) is 10. The van der Waals surface area contributed by atoms with Crippen LogP contribution in [-0.2, 0) is 28.4 Å². The summed E-state index contributed by atoms with van der Waals surface area (Å²) < 4.78 is 44.7. The molecule has 6 aliphatic rings. The van der Waals surface area contributed by atoms with E-state index in [-0.39, 0.29) is 73.2 Å². The Morgan fingerprint density at radius 3 is 1.13 bits per heavy atom.